The van der Waals surface area contributed by atoms with Crippen LogP contribution in [0.3, 0.4) is 0 Å². The molecule has 0 spiro atoms. The van der Waals surface area contributed by atoms with Crippen LogP contribution in [0.1, 0.15) is 46.5 Å². The van der Waals surface area contributed by atoms with Crippen molar-refractivity contribution in [1.82, 2.24) is 10.6 Å². The van der Waals surface area contributed by atoms with Crippen LogP contribution in [-0.2, 0) is 4.74 Å². The number of amides is 2. The van der Waals surface area contributed by atoms with Gasteiger partial charge in [-0.05, 0) is 46.5 Å². The van der Waals surface area contributed by atoms with Crippen LogP contribution in [0.15, 0.2) is 0 Å². The van der Waals surface area contributed by atoms with E-state index < -0.39 is 17.8 Å². The maximum atomic E-state index is 11.5. The van der Waals surface area contributed by atoms with Gasteiger partial charge in [0.05, 0.1) is 0 Å². The van der Waals surface area contributed by atoms with Crippen LogP contribution >= 0.6 is 0 Å². The minimum Gasteiger partial charge on any atom is -0.465 e. The van der Waals surface area contributed by atoms with Crippen LogP contribution in [0.25, 0.3) is 0 Å². The first-order valence-corrected chi connectivity index (χ1v) is 6.25. The van der Waals surface area contributed by atoms with E-state index in [1.54, 1.807) is 0 Å². The van der Waals surface area contributed by atoms with Crippen molar-refractivity contribution < 1.29 is 19.4 Å². The summed E-state index contributed by atoms with van der Waals surface area (Å²) in [6.07, 6.45) is 1.63. The summed E-state index contributed by atoms with van der Waals surface area (Å²) in [6, 6.07) is 0.0749. The maximum Gasteiger partial charge on any atom is 0.407 e. The van der Waals surface area contributed by atoms with E-state index in [1.165, 1.54) is 0 Å². The van der Waals surface area contributed by atoms with E-state index in [2.05, 4.69) is 10.6 Å². The van der Waals surface area contributed by atoms with Crippen molar-refractivity contribution in [2.24, 2.45) is 0 Å². The van der Waals surface area contributed by atoms with Gasteiger partial charge in [0.25, 0.3) is 0 Å². The molecule has 0 bridgehead atoms. The molecule has 1 rings (SSSR count). The second-order valence-corrected chi connectivity index (χ2v) is 5.64. The highest BCUT2D eigenvalue weighted by Crippen LogP contribution is 2.19. The Bertz CT molecular complexity index is 304. The Hall–Kier alpha value is -1.46. The molecule has 0 atom stereocenters. The number of nitrogens with one attached hydrogen (secondary N) is 2. The molecule has 104 valence electrons. The summed E-state index contributed by atoms with van der Waals surface area (Å²) in [5.74, 6) is 0. The van der Waals surface area contributed by atoms with E-state index in [1.807, 2.05) is 20.8 Å². The molecule has 18 heavy (non-hydrogen) atoms. The van der Waals surface area contributed by atoms with Crippen molar-refractivity contribution in [2.45, 2.75) is 64.1 Å². The largest absolute Gasteiger partial charge is 0.465 e. The van der Waals surface area contributed by atoms with Gasteiger partial charge < -0.3 is 20.5 Å². The number of hydrogen-bond acceptors (Lipinski definition) is 3. The topological polar surface area (TPSA) is 87.7 Å². The number of carboxylic acid groups (broad SMARTS) is 1. The first kappa shape index (κ1) is 14.6. The summed E-state index contributed by atoms with van der Waals surface area (Å²) in [5.41, 5.74) is -0.494. The molecule has 0 aliphatic heterocycles. The molecule has 6 nitrogen and oxygen atoms in total. The Balaban J connectivity index is 2.27. The third-order valence-corrected chi connectivity index (χ3v) is 2.78. The second kappa shape index (κ2) is 5.93. The number of hydrogen-bond donors (Lipinski definition) is 3. The van der Waals surface area contributed by atoms with Gasteiger partial charge in [-0.25, -0.2) is 9.59 Å². The van der Waals surface area contributed by atoms with Crippen LogP contribution < -0.4 is 10.6 Å². The van der Waals surface area contributed by atoms with Crippen molar-refractivity contribution in [1.29, 1.82) is 0 Å². The molecule has 0 heterocycles. The highest BCUT2D eigenvalue weighted by atomic mass is 16.6. The molecular formula is C12H22N2O4. The molecule has 0 aromatic carbocycles. The quantitative estimate of drug-likeness (QED) is 0.707. The summed E-state index contributed by atoms with van der Waals surface area (Å²) < 4.78 is 5.17. The number of ether oxygens (including phenoxy) is 1. The number of carbonyl (C=O) groups is 2. The average molecular weight is 258 g/mol. The average Bonchev–Trinajstić information content (AvgIpc) is 2.17. The molecule has 1 aliphatic carbocycles. The van der Waals surface area contributed by atoms with E-state index in [4.69, 9.17) is 9.84 Å². The lowest BCUT2D eigenvalue weighted by atomic mass is 9.91. The molecule has 2 amide bonds. The van der Waals surface area contributed by atoms with Crippen LogP contribution in [0.2, 0.25) is 0 Å². The number of alkyl carbamates (subject to hydrolysis) is 1. The fraction of sp³-hybridized carbons (Fsp3) is 0.833. The fourth-order valence-electron chi connectivity index (χ4n) is 2.03. The third-order valence-electron chi connectivity index (χ3n) is 2.78. The van der Waals surface area contributed by atoms with E-state index in [9.17, 15) is 9.59 Å². The first-order valence-electron chi connectivity index (χ1n) is 6.25. The molecule has 0 aromatic heterocycles. The van der Waals surface area contributed by atoms with Crippen molar-refractivity contribution in [3.63, 3.8) is 0 Å². The number of carbonyl (C=O) groups excluding carboxylic acids is 1. The van der Waals surface area contributed by atoms with Crippen molar-refractivity contribution in [2.75, 3.05) is 0 Å². The molecule has 0 unspecified atom stereocenters. The summed E-state index contributed by atoms with van der Waals surface area (Å²) >= 11 is 0. The predicted octanol–water partition coefficient (Wildman–Crippen LogP) is 2.09. The predicted molar refractivity (Wildman–Crippen MR) is 66.6 cm³/mol. The van der Waals surface area contributed by atoms with Gasteiger partial charge in [-0.2, -0.15) is 0 Å². The Labute approximate surface area is 107 Å². The number of rotatable bonds is 2. The van der Waals surface area contributed by atoms with Gasteiger partial charge in [0.1, 0.15) is 5.60 Å². The minimum atomic E-state index is -0.987. The Morgan fingerprint density at radius 2 is 1.50 bits per heavy atom. The van der Waals surface area contributed by atoms with Crippen LogP contribution in [0.4, 0.5) is 9.59 Å². The lowest BCUT2D eigenvalue weighted by Gasteiger charge is -2.29. The van der Waals surface area contributed by atoms with Crippen molar-refractivity contribution >= 4 is 12.2 Å². The smallest absolute Gasteiger partial charge is 0.407 e. The highest BCUT2D eigenvalue weighted by Gasteiger charge is 2.25. The Kier molecular flexibility index (Phi) is 4.81. The first-order chi connectivity index (χ1) is 8.26. The van der Waals surface area contributed by atoms with Gasteiger partial charge in [0, 0.05) is 12.1 Å². The highest BCUT2D eigenvalue weighted by molar-refractivity contribution is 5.68. The molecule has 1 saturated carbocycles. The van der Waals surface area contributed by atoms with Gasteiger partial charge in [0.15, 0.2) is 0 Å². The van der Waals surface area contributed by atoms with E-state index in [0.717, 1.165) is 25.7 Å². The van der Waals surface area contributed by atoms with Crippen LogP contribution in [0, 0.1) is 0 Å². The maximum absolute atomic E-state index is 11.5. The zero-order chi connectivity index (χ0) is 13.8. The summed E-state index contributed by atoms with van der Waals surface area (Å²) in [7, 11) is 0. The second-order valence-electron chi connectivity index (χ2n) is 5.64. The molecule has 0 aromatic rings. The molecule has 1 fully saturated rings. The van der Waals surface area contributed by atoms with E-state index >= 15 is 0 Å². The summed E-state index contributed by atoms with van der Waals surface area (Å²) in [6.45, 7) is 5.46. The fourth-order valence-corrected chi connectivity index (χ4v) is 2.03. The zero-order valence-electron chi connectivity index (χ0n) is 11.2. The molecule has 1 aliphatic rings. The standard InChI is InChI=1S/C12H22N2O4/c1-12(2,3)18-11(17)14-9-6-4-8(5-7-9)13-10(15)16/h8-9,13H,4-7H2,1-3H3,(H,14,17)(H,15,16). The van der Waals surface area contributed by atoms with Gasteiger partial charge in [-0.1, -0.05) is 0 Å². The van der Waals surface area contributed by atoms with Crippen LogP contribution in [0.5, 0.6) is 0 Å². The monoisotopic (exact) mass is 258 g/mol. The van der Waals surface area contributed by atoms with Gasteiger partial charge in [-0.15, -0.1) is 0 Å². The Morgan fingerprint density at radius 1 is 1.06 bits per heavy atom. The summed E-state index contributed by atoms with van der Waals surface area (Å²) in [5, 5.41) is 13.9. The lowest BCUT2D eigenvalue weighted by molar-refractivity contribution is 0.0489. The van der Waals surface area contributed by atoms with Crippen molar-refractivity contribution in [3.05, 3.63) is 0 Å². The normalized spacial score (nSPS) is 24.2. The lowest BCUT2D eigenvalue weighted by Crippen LogP contribution is -2.44. The third kappa shape index (κ3) is 5.75. The molecule has 0 saturated heterocycles. The van der Waals surface area contributed by atoms with Gasteiger partial charge in [0.2, 0.25) is 0 Å². The zero-order valence-corrected chi connectivity index (χ0v) is 11.2. The van der Waals surface area contributed by atoms with Crippen LogP contribution in [-0.4, -0.2) is 35.0 Å². The SMILES string of the molecule is CC(C)(C)OC(=O)NC1CCC(NC(=O)O)CC1. The molecule has 6 heteroatoms. The van der Waals surface area contributed by atoms with E-state index in [-0.39, 0.29) is 12.1 Å². The molecular weight excluding hydrogens is 236 g/mol. The summed E-state index contributed by atoms with van der Waals surface area (Å²) in [4.78, 5) is 22.0. The van der Waals surface area contributed by atoms with Crippen molar-refractivity contribution in [3.8, 4) is 0 Å². The van der Waals surface area contributed by atoms with Gasteiger partial charge in [-0.3, -0.25) is 0 Å². The molecule has 3 N–H and O–H groups in total. The molecule has 0 radical (unpaired) electrons. The van der Waals surface area contributed by atoms with E-state index in [0.29, 0.717) is 0 Å². The van der Waals surface area contributed by atoms with Gasteiger partial charge >= 0.3 is 12.2 Å². The Morgan fingerprint density at radius 3 is 1.89 bits per heavy atom. The minimum absolute atomic E-state index is 0.000753.